The third-order valence-electron chi connectivity index (χ3n) is 6.15. The molecule has 1 saturated heterocycles. The second kappa shape index (κ2) is 8.67. The number of carbonyl (C=O) groups excluding carboxylic acids is 4. The molecule has 4 amide bonds. The second-order valence-corrected chi connectivity index (χ2v) is 8.49. The van der Waals surface area contributed by atoms with Crippen LogP contribution in [0.4, 0.5) is 0 Å². The van der Waals surface area contributed by atoms with E-state index in [4.69, 9.17) is 0 Å². The summed E-state index contributed by atoms with van der Waals surface area (Å²) in [6, 6.07) is 15.9. The number of nitrogens with zero attached hydrogens (tertiary/aromatic N) is 4. The minimum absolute atomic E-state index is 0.169. The highest BCUT2D eigenvalue weighted by Gasteiger charge is 2.51. The van der Waals surface area contributed by atoms with Crippen molar-refractivity contribution in [1.29, 1.82) is 0 Å². The van der Waals surface area contributed by atoms with Gasteiger partial charge in [-0.1, -0.05) is 48.5 Å². The molecule has 0 saturated carbocycles. The van der Waals surface area contributed by atoms with Gasteiger partial charge in [0, 0.05) is 31.8 Å². The van der Waals surface area contributed by atoms with Gasteiger partial charge in [-0.05, 0) is 11.6 Å². The van der Waals surface area contributed by atoms with Gasteiger partial charge in [-0.15, -0.1) is 0 Å². The number of carbonyl (C=O) groups is 4. The van der Waals surface area contributed by atoms with Crippen LogP contribution in [0.15, 0.2) is 54.6 Å². The lowest BCUT2D eigenvalue weighted by Crippen LogP contribution is -2.57. The zero-order valence-electron chi connectivity index (χ0n) is 18.6. The summed E-state index contributed by atoms with van der Waals surface area (Å²) in [4.78, 5) is 56.9. The molecule has 0 bridgehead atoms. The zero-order chi connectivity index (χ0) is 23.8. The predicted octanol–water partition coefficient (Wildman–Crippen LogP) is 0.247. The van der Waals surface area contributed by atoms with Crippen LogP contribution in [0.3, 0.4) is 0 Å². The van der Waals surface area contributed by atoms with Gasteiger partial charge in [-0.2, -0.15) is 0 Å². The average Bonchev–Trinajstić information content (AvgIpc) is 3.00. The van der Waals surface area contributed by atoms with E-state index in [1.54, 1.807) is 24.3 Å². The van der Waals surface area contributed by atoms with Crippen LogP contribution in [-0.2, 0) is 26.7 Å². The Morgan fingerprint density at radius 1 is 0.788 bits per heavy atom. The molecule has 1 atom stereocenters. The van der Waals surface area contributed by atoms with Crippen molar-refractivity contribution in [1.82, 2.24) is 19.6 Å². The fourth-order valence-electron chi connectivity index (χ4n) is 4.21. The van der Waals surface area contributed by atoms with Gasteiger partial charge in [0.2, 0.25) is 17.7 Å². The van der Waals surface area contributed by atoms with Crippen LogP contribution >= 0.6 is 0 Å². The summed E-state index contributed by atoms with van der Waals surface area (Å²) in [7, 11) is 2.95. The molecule has 1 fully saturated rings. The molecular formula is C24H26N4O5. The van der Waals surface area contributed by atoms with Crippen LogP contribution in [0.1, 0.15) is 21.5 Å². The SMILES string of the molecule is CN1CC(=O)N(C)CC(=O)N(Cc2ccccc2)CC2(O)c3ccccc3C(=O)N2CC1=O. The first-order valence-corrected chi connectivity index (χ1v) is 10.6. The summed E-state index contributed by atoms with van der Waals surface area (Å²) in [5.41, 5.74) is -0.435. The van der Waals surface area contributed by atoms with Crippen molar-refractivity contribution in [2.75, 3.05) is 40.3 Å². The van der Waals surface area contributed by atoms with E-state index in [0.717, 1.165) is 10.5 Å². The number of hydrogen-bond donors (Lipinski definition) is 1. The average molecular weight is 450 g/mol. The minimum atomic E-state index is -1.89. The first-order chi connectivity index (χ1) is 15.7. The lowest BCUT2D eigenvalue weighted by Gasteiger charge is -2.39. The Labute approximate surface area is 191 Å². The maximum Gasteiger partial charge on any atom is 0.257 e. The number of likely N-dealkylation sites (N-methyl/N-ethyl adjacent to an activating group) is 2. The van der Waals surface area contributed by atoms with Crippen molar-refractivity contribution >= 4 is 23.6 Å². The third-order valence-corrected chi connectivity index (χ3v) is 6.15. The normalized spacial score (nSPS) is 22.2. The molecule has 2 aliphatic heterocycles. The summed E-state index contributed by atoms with van der Waals surface area (Å²) in [5, 5.41) is 11.9. The van der Waals surface area contributed by atoms with Crippen molar-refractivity contribution < 1.29 is 24.3 Å². The van der Waals surface area contributed by atoms with E-state index >= 15 is 0 Å². The molecule has 172 valence electrons. The van der Waals surface area contributed by atoms with E-state index in [1.807, 2.05) is 30.3 Å². The van der Waals surface area contributed by atoms with Crippen LogP contribution < -0.4 is 0 Å². The van der Waals surface area contributed by atoms with Gasteiger partial charge in [-0.3, -0.25) is 24.1 Å². The molecular weight excluding hydrogens is 424 g/mol. The Hall–Kier alpha value is -3.72. The van der Waals surface area contributed by atoms with E-state index in [0.29, 0.717) is 5.56 Å². The number of rotatable bonds is 2. The lowest BCUT2D eigenvalue weighted by molar-refractivity contribution is -0.155. The molecule has 2 aromatic carbocycles. The molecule has 2 aromatic rings. The summed E-state index contributed by atoms with van der Waals surface area (Å²) in [5.74, 6) is -1.76. The molecule has 0 aromatic heterocycles. The minimum Gasteiger partial charge on any atom is -0.365 e. The first-order valence-electron chi connectivity index (χ1n) is 10.6. The van der Waals surface area contributed by atoms with E-state index in [9.17, 15) is 24.3 Å². The highest BCUT2D eigenvalue weighted by Crippen LogP contribution is 2.38. The standard InChI is InChI=1S/C24H26N4O5/c1-25-13-20(29)26(2)14-22(31)27(12-17-8-4-3-5-9-17)16-24(33)19-11-7-6-10-18(19)23(32)28(24)15-21(25)30/h3-11,33H,12-16H2,1-2H3. The zero-order valence-corrected chi connectivity index (χ0v) is 18.6. The number of β-amino-alcohol motifs (C(OH)–C–C–N with tert-alkyl or cyclic N) is 1. The Bertz CT molecular complexity index is 1110. The lowest BCUT2D eigenvalue weighted by atomic mass is 10.00. The van der Waals surface area contributed by atoms with E-state index < -0.39 is 30.0 Å². The number of aliphatic hydroxyl groups is 1. The second-order valence-electron chi connectivity index (χ2n) is 8.49. The van der Waals surface area contributed by atoms with E-state index in [-0.39, 0.29) is 37.6 Å². The molecule has 9 nitrogen and oxygen atoms in total. The molecule has 4 rings (SSSR count). The molecule has 1 unspecified atom stereocenters. The van der Waals surface area contributed by atoms with Gasteiger partial charge in [-0.25, -0.2) is 0 Å². The molecule has 9 heteroatoms. The summed E-state index contributed by atoms with van der Waals surface area (Å²) in [6.07, 6.45) is 0. The quantitative estimate of drug-likeness (QED) is 0.707. The molecule has 2 heterocycles. The van der Waals surface area contributed by atoms with Gasteiger partial charge in [0.05, 0.1) is 19.6 Å². The topological polar surface area (TPSA) is 101 Å². The molecule has 1 N–H and O–H groups in total. The van der Waals surface area contributed by atoms with Gasteiger partial charge >= 0.3 is 0 Å². The molecule has 0 spiro atoms. The van der Waals surface area contributed by atoms with Crippen molar-refractivity contribution in [2.45, 2.75) is 12.3 Å². The number of hydrogen-bond acceptors (Lipinski definition) is 5. The largest absolute Gasteiger partial charge is 0.365 e. The summed E-state index contributed by atoms with van der Waals surface area (Å²) in [6.45, 7) is -0.969. The number of fused-ring (bicyclic) bond motifs is 3. The van der Waals surface area contributed by atoms with Crippen LogP contribution in [0.5, 0.6) is 0 Å². The predicted molar refractivity (Wildman–Crippen MR) is 119 cm³/mol. The van der Waals surface area contributed by atoms with E-state index in [2.05, 4.69) is 0 Å². The Balaban J connectivity index is 1.79. The monoisotopic (exact) mass is 450 g/mol. The van der Waals surface area contributed by atoms with Crippen LogP contribution in [0.2, 0.25) is 0 Å². The van der Waals surface area contributed by atoms with Crippen molar-refractivity contribution in [3.05, 3.63) is 71.3 Å². The molecule has 33 heavy (non-hydrogen) atoms. The highest BCUT2D eigenvalue weighted by atomic mass is 16.3. The van der Waals surface area contributed by atoms with Gasteiger partial charge in [0.15, 0.2) is 5.72 Å². The van der Waals surface area contributed by atoms with Crippen molar-refractivity contribution in [2.24, 2.45) is 0 Å². The van der Waals surface area contributed by atoms with Gasteiger partial charge < -0.3 is 19.8 Å². The van der Waals surface area contributed by atoms with Crippen molar-refractivity contribution in [3.8, 4) is 0 Å². The summed E-state index contributed by atoms with van der Waals surface area (Å²) < 4.78 is 0. The van der Waals surface area contributed by atoms with Crippen LogP contribution in [0, 0.1) is 0 Å². The highest BCUT2D eigenvalue weighted by molar-refractivity contribution is 6.02. The third kappa shape index (κ3) is 4.19. The van der Waals surface area contributed by atoms with Gasteiger partial charge in [0.1, 0.15) is 6.54 Å². The fraction of sp³-hybridized carbons (Fsp3) is 0.333. The Kier molecular flexibility index (Phi) is 5.90. The Morgan fingerprint density at radius 2 is 1.36 bits per heavy atom. The smallest absolute Gasteiger partial charge is 0.257 e. The van der Waals surface area contributed by atoms with Crippen molar-refractivity contribution in [3.63, 3.8) is 0 Å². The number of amides is 4. The van der Waals surface area contributed by atoms with Gasteiger partial charge in [0.25, 0.3) is 5.91 Å². The number of benzene rings is 2. The molecule has 0 radical (unpaired) electrons. The molecule has 0 aliphatic carbocycles. The van der Waals surface area contributed by atoms with E-state index in [1.165, 1.54) is 28.8 Å². The van der Waals surface area contributed by atoms with Crippen LogP contribution in [-0.4, -0.2) is 88.6 Å². The summed E-state index contributed by atoms with van der Waals surface area (Å²) >= 11 is 0. The van der Waals surface area contributed by atoms with Crippen LogP contribution in [0.25, 0.3) is 0 Å². The Morgan fingerprint density at radius 3 is 2.06 bits per heavy atom. The maximum absolute atomic E-state index is 13.3. The molecule has 2 aliphatic rings. The first kappa shape index (κ1) is 22.5. The fourth-order valence-corrected chi connectivity index (χ4v) is 4.21. The maximum atomic E-state index is 13.3.